The molecule has 0 unspecified atom stereocenters. The minimum absolute atomic E-state index is 0.142. The fourth-order valence-electron chi connectivity index (χ4n) is 2.57. The fourth-order valence-corrected chi connectivity index (χ4v) is 3.73. The molecule has 3 rings (SSSR count). The van der Waals surface area contributed by atoms with E-state index in [4.69, 9.17) is 4.42 Å². The average Bonchev–Trinajstić information content (AvgIpc) is 3.20. The van der Waals surface area contributed by atoms with E-state index in [0.717, 1.165) is 5.56 Å². The van der Waals surface area contributed by atoms with Crippen LogP contribution in [0.2, 0.25) is 0 Å². The summed E-state index contributed by atoms with van der Waals surface area (Å²) in [5.41, 5.74) is 1.28. The topological polar surface area (TPSA) is 79.6 Å². The van der Waals surface area contributed by atoms with E-state index < -0.39 is 10.0 Å². The number of sulfonamides is 1. The summed E-state index contributed by atoms with van der Waals surface area (Å²) in [5.74, 6) is 0.345. The van der Waals surface area contributed by atoms with Crippen LogP contribution in [0.1, 0.15) is 21.7 Å². The van der Waals surface area contributed by atoms with Crippen LogP contribution in [0.3, 0.4) is 0 Å². The summed E-state index contributed by atoms with van der Waals surface area (Å²) in [5, 5.41) is 2.72. The fraction of sp³-hybridized carbons (Fsp3) is 0.150. The van der Waals surface area contributed by atoms with E-state index in [2.05, 4.69) is 5.32 Å². The molecule has 1 amide bonds. The first-order chi connectivity index (χ1) is 13.0. The van der Waals surface area contributed by atoms with E-state index in [1.165, 1.54) is 41.9 Å². The average molecular weight is 384 g/mol. The van der Waals surface area contributed by atoms with Crippen molar-refractivity contribution in [2.75, 3.05) is 7.05 Å². The number of furan rings is 1. The Morgan fingerprint density at radius 1 is 1.00 bits per heavy atom. The molecule has 27 heavy (non-hydrogen) atoms. The molecule has 0 aliphatic carbocycles. The lowest BCUT2D eigenvalue weighted by molar-refractivity contribution is 0.0948. The molecule has 3 aromatic rings. The van der Waals surface area contributed by atoms with E-state index in [1.54, 1.807) is 12.1 Å². The predicted molar refractivity (Wildman–Crippen MR) is 101 cm³/mol. The van der Waals surface area contributed by atoms with Crippen LogP contribution >= 0.6 is 0 Å². The maximum Gasteiger partial charge on any atom is 0.251 e. The number of amides is 1. The third kappa shape index (κ3) is 4.64. The molecule has 0 radical (unpaired) electrons. The van der Waals surface area contributed by atoms with E-state index in [-0.39, 0.29) is 23.9 Å². The van der Waals surface area contributed by atoms with E-state index >= 15 is 0 Å². The first-order valence-corrected chi connectivity index (χ1v) is 9.82. The molecular weight excluding hydrogens is 364 g/mol. The molecule has 0 aliphatic heterocycles. The second kappa shape index (κ2) is 8.20. The van der Waals surface area contributed by atoms with Gasteiger partial charge in [0.2, 0.25) is 10.0 Å². The van der Waals surface area contributed by atoms with Crippen molar-refractivity contribution in [2.45, 2.75) is 18.0 Å². The maximum atomic E-state index is 12.7. The molecule has 1 aromatic heterocycles. The number of hydrogen-bond donors (Lipinski definition) is 1. The Balaban J connectivity index is 1.67. The Labute approximate surface area is 158 Å². The lowest BCUT2D eigenvalue weighted by Crippen LogP contribution is -2.27. The Bertz CT molecular complexity index is 982. The van der Waals surface area contributed by atoms with Crippen molar-refractivity contribution in [3.8, 4) is 0 Å². The Hall–Kier alpha value is -2.90. The Kier molecular flexibility index (Phi) is 5.73. The number of carbonyl (C=O) groups excluding carboxylic acids is 1. The van der Waals surface area contributed by atoms with Crippen LogP contribution in [0.5, 0.6) is 0 Å². The highest BCUT2D eigenvalue weighted by molar-refractivity contribution is 7.89. The summed E-state index contributed by atoms with van der Waals surface area (Å²) < 4.78 is 31.9. The number of hydrogen-bond acceptors (Lipinski definition) is 4. The van der Waals surface area contributed by atoms with Crippen LogP contribution in [0.4, 0.5) is 0 Å². The van der Waals surface area contributed by atoms with Crippen molar-refractivity contribution in [1.29, 1.82) is 0 Å². The highest BCUT2D eigenvalue weighted by Gasteiger charge is 2.21. The normalized spacial score (nSPS) is 11.5. The molecule has 0 spiro atoms. The molecule has 7 heteroatoms. The molecule has 0 bridgehead atoms. The number of benzene rings is 2. The smallest absolute Gasteiger partial charge is 0.251 e. The zero-order valence-corrected chi connectivity index (χ0v) is 15.6. The molecule has 0 saturated carbocycles. The van der Waals surface area contributed by atoms with Crippen molar-refractivity contribution < 1.29 is 17.6 Å². The number of nitrogens with one attached hydrogen (secondary N) is 1. The van der Waals surface area contributed by atoms with Gasteiger partial charge in [-0.15, -0.1) is 0 Å². The molecule has 0 fully saturated rings. The van der Waals surface area contributed by atoms with Crippen LogP contribution in [0, 0.1) is 0 Å². The van der Waals surface area contributed by atoms with Gasteiger partial charge in [0.1, 0.15) is 5.76 Å². The summed E-state index contributed by atoms with van der Waals surface area (Å²) in [7, 11) is -2.11. The zero-order valence-electron chi connectivity index (χ0n) is 14.8. The molecule has 6 nitrogen and oxygen atoms in total. The van der Waals surface area contributed by atoms with Crippen LogP contribution in [0.15, 0.2) is 82.3 Å². The van der Waals surface area contributed by atoms with Crippen LogP contribution in [-0.4, -0.2) is 25.7 Å². The van der Waals surface area contributed by atoms with Crippen LogP contribution in [-0.2, 0) is 23.1 Å². The number of nitrogens with zero attached hydrogens (tertiary/aromatic N) is 1. The van der Waals surface area contributed by atoms with Gasteiger partial charge in [0, 0.05) is 19.2 Å². The van der Waals surface area contributed by atoms with Gasteiger partial charge in [-0.2, -0.15) is 4.31 Å². The van der Waals surface area contributed by atoms with E-state index in [9.17, 15) is 13.2 Å². The van der Waals surface area contributed by atoms with Gasteiger partial charge in [0.15, 0.2) is 0 Å². The van der Waals surface area contributed by atoms with Gasteiger partial charge in [-0.3, -0.25) is 4.79 Å². The summed E-state index contributed by atoms with van der Waals surface area (Å²) in [6, 6.07) is 18.8. The lowest BCUT2D eigenvalue weighted by atomic mass is 10.2. The maximum absolute atomic E-state index is 12.7. The molecule has 2 aromatic carbocycles. The van der Waals surface area contributed by atoms with Gasteiger partial charge in [-0.25, -0.2) is 8.42 Å². The second-order valence-corrected chi connectivity index (χ2v) is 8.08. The Morgan fingerprint density at radius 3 is 2.33 bits per heavy atom. The minimum atomic E-state index is -3.64. The lowest BCUT2D eigenvalue weighted by Gasteiger charge is -2.17. The number of rotatable bonds is 7. The highest BCUT2D eigenvalue weighted by atomic mass is 32.2. The van der Waals surface area contributed by atoms with Crippen molar-refractivity contribution in [1.82, 2.24) is 9.62 Å². The molecule has 1 N–H and O–H groups in total. The van der Waals surface area contributed by atoms with E-state index in [0.29, 0.717) is 11.3 Å². The highest BCUT2D eigenvalue weighted by Crippen LogP contribution is 2.17. The van der Waals surface area contributed by atoms with Crippen LogP contribution < -0.4 is 5.32 Å². The molecular formula is C20H20N2O4S. The van der Waals surface area contributed by atoms with Crippen molar-refractivity contribution >= 4 is 15.9 Å². The van der Waals surface area contributed by atoms with Gasteiger partial charge in [-0.05, 0) is 42.0 Å². The van der Waals surface area contributed by atoms with Gasteiger partial charge in [-0.1, -0.05) is 30.3 Å². The molecule has 1 heterocycles. The summed E-state index contributed by atoms with van der Waals surface area (Å²) in [4.78, 5) is 12.3. The predicted octanol–water partition coefficient (Wildman–Crippen LogP) is 3.03. The number of carbonyl (C=O) groups is 1. The van der Waals surface area contributed by atoms with Crippen molar-refractivity contribution in [3.05, 3.63) is 89.9 Å². The second-order valence-electron chi connectivity index (χ2n) is 6.03. The first kappa shape index (κ1) is 18.9. The Morgan fingerprint density at radius 2 is 1.70 bits per heavy atom. The SMILES string of the molecule is CN(Cc1ccccc1)S(=O)(=O)c1ccc(C(=O)NCc2ccco2)cc1. The third-order valence-electron chi connectivity index (χ3n) is 4.08. The zero-order chi connectivity index (χ0) is 19.3. The first-order valence-electron chi connectivity index (χ1n) is 8.38. The standard InChI is InChI=1S/C20H20N2O4S/c1-22(15-16-6-3-2-4-7-16)27(24,25)19-11-9-17(10-12-19)20(23)21-14-18-8-5-13-26-18/h2-13H,14-15H2,1H3,(H,21,23). The molecule has 0 aliphatic rings. The van der Waals surface area contributed by atoms with Crippen molar-refractivity contribution in [3.63, 3.8) is 0 Å². The van der Waals surface area contributed by atoms with Crippen molar-refractivity contribution in [2.24, 2.45) is 0 Å². The third-order valence-corrected chi connectivity index (χ3v) is 5.89. The van der Waals surface area contributed by atoms with Gasteiger partial charge in [0.25, 0.3) is 5.91 Å². The molecule has 0 atom stereocenters. The molecule has 140 valence electrons. The van der Waals surface area contributed by atoms with Gasteiger partial charge < -0.3 is 9.73 Å². The van der Waals surface area contributed by atoms with E-state index in [1.807, 2.05) is 30.3 Å². The van der Waals surface area contributed by atoms with Gasteiger partial charge in [0.05, 0.1) is 17.7 Å². The quantitative estimate of drug-likeness (QED) is 0.679. The monoisotopic (exact) mass is 384 g/mol. The summed E-state index contributed by atoms with van der Waals surface area (Å²) in [6.07, 6.45) is 1.53. The summed E-state index contributed by atoms with van der Waals surface area (Å²) in [6.45, 7) is 0.542. The van der Waals surface area contributed by atoms with Gasteiger partial charge >= 0.3 is 0 Å². The minimum Gasteiger partial charge on any atom is -0.467 e. The molecule has 0 saturated heterocycles. The largest absolute Gasteiger partial charge is 0.467 e. The van der Waals surface area contributed by atoms with Crippen LogP contribution in [0.25, 0.3) is 0 Å². The summed E-state index contributed by atoms with van der Waals surface area (Å²) >= 11 is 0.